The van der Waals surface area contributed by atoms with Crippen LogP contribution >= 0.6 is 11.8 Å². The molecule has 194 valence electrons. The van der Waals surface area contributed by atoms with E-state index in [9.17, 15) is 24.0 Å². The van der Waals surface area contributed by atoms with E-state index in [0.717, 1.165) is 18.4 Å². The normalized spacial score (nSPS) is 21.5. The maximum absolute atomic E-state index is 12.7. The Morgan fingerprint density at radius 3 is 2.60 bits per heavy atom. The van der Waals surface area contributed by atoms with Crippen LogP contribution in [-0.2, 0) is 28.7 Å². The van der Waals surface area contributed by atoms with E-state index in [-0.39, 0.29) is 29.8 Å². The molecule has 4 unspecified atom stereocenters. The van der Waals surface area contributed by atoms with Gasteiger partial charge in [0.25, 0.3) is 0 Å². The fourth-order valence-electron chi connectivity index (χ4n) is 4.08. The van der Waals surface area contributed by atoms with Gasteiger partial charge in [-0.2, -0.15) is 11.8 Å². The van der Waals surface area contributed by atoms with E-state index < -0.39 is 48.0 Å². The minimum atomic E-state index is -1.24. The molecule has 0 fully saturated rings. The quantitative estimate of drug-likeness (QED) is 0.208. The number of cyclic esters (lactones) is 1. The summed E-state index contributed by atoms with van der Waals surface area (Å²) < 4.78 is 5.83. The van der Waals surface area contributed by atoms with Crippen LogP contribution < -0.4 is 16.4 Å². The molecule has 1 heterocycles. The summed E-state index contributed by atoms with van der Waals surface area (Å²) in [5, 5.41) is 22.4. The zero-order chi connectivity index (χ0) is 26.2. The second-order valence-corrected chi connectivity index (χ2v) is 9.89. The molecule has 1 aliphatic carbocycles. The summed E-state index contributed by atoms with van der Waals surface area (Å²) >= 11 is 1.36. The molecule has 0 aromatic carbocycles. The van der Waals surface area contributed by atoms with Crippen LogP contribution in [0.1, 0.15) is 52.4 Å². The molecule has 4 atom stereocenters. The van der Waals surface area contributed by atoms with Crippen LogP contribution in [0.2, 0.25) is 0 Å². The number of thioether (sulfide) groups is 1. The Hall–Kier alpha value is -2.86. The van der Waals surface area contributed by atoms with Crippen LogP contribution in [0.15, 0.2) is 23.3 Å². The lowest BCUT2D eigenvalue weighted by Gasteiger charge is -2.36. The Morgan fingerprint density at radius 1 is 1.26 bits per heavy atom. The highest BCUT2D eigenvalue weighted by Crippen LogP contribution is 2.45. The van der Waals surface area contributed by atoms with Gasteiger partial charge in [-0.25, -0.2) is 4.79 Å². The lowest BCUT2D eigenvalue weighted by atomic mass is 9.83. The first-order chi connectivity index (χ1) is 16.5. The van der Waals surface area contributed by atoms with Crippen molar-refractivity contribution in [2.45, 2.75) is 75.3 Å². The van der Waals surface area contributed by atoms with Gasteiger partial charge in [-0.1, -0.05) is 25.5 Å². The van der Waals surface area contributed by atoms with Gasteiger partial charge in [0.15, 0.2) is 0 Å². The third-order valence-electron chi connectivity index (χ3n) is 5.99. The molecular weight excluding hydrogens is 478 g/mol. The predicted octanol–water partition coefficient (Wildman–Crippen LogP) is 0.728. The second-order valence-electron chi connectivity index (χ2n) is 8.66. The van der Waals surface area contributed by atoms with Gasteiger partial charge < -0.3 is 31.3 Å². The minimum absolute atomic E-state index is 0.0957. The molecule has 1 aliphatic heterocycles. The first kappa shape index (κ1) is 28.4. The molecule has 0 spiro atoms. The van der Waals surface area contributed by atoms with Gasteiger partial charge in [0.05, 0.1) is 5.57 Å². The highest BCUT2D eigenvalue weighted by Gasteiger charge is 2.48. The fraction of sp³-hybridized carbons (Fsp3) is 0.609. The fourth-order valence-corrected chi connectivity index (χ4v) is 5.65. The maximum atomic E-state index is 12.7. The van der Waals surface area contributed by atoms with Gasteiger partial charge in [0.2, 0.25) is 11.8 Å². The molecule has 6 N–H and O–H groups in total. The van der Waals surface area contributed by atoms with Crippen LogP contribution in [0, 0.1) is 0 Å². The topological polar surface area (TPSA) is 185 Å². The summed E-state index contributed by atoms with van der Waals surface area (Å²) in [6.45, 7) is 3.25. The van der Waals surface area contributed by atoms with Crippen molar-refractivity contribution in [2.75, 3.05) is 12.3 Å². The zero-order valence-corrected chi connectivity index (χ0v) is 20.7. The second kappa shape index (κ2) is 12.7. The molecule has 11 nitrogen and oxygen atoms in total. The lowest BCUT2D eigenvalue weighted by molar-refractivity contribution is -0.145. The van der Waals surface area contributed by atoms with Gasteiger partial charge in [-0.05, 0) is 38.2 Å². The number of nitrogens with two attached hydrogens (primary N) is 1. The van der Waals surface area contributed by atoms with Gasteiger partial charge in [-0.3, -0.25) is 19.2 Å². The number of carbonyl (C=O) groups is 5. The smallest absolute Gasteiger partial charge is 0.339 e. The number of aliphatic carboxylic acids is 2. The molecule has 0 aromatic heterocycles. The van der Waals surface area contributed by atoms with E-state index >= 15 is 0 Å². The first-order valence-corrected chi connectivity index (χ1v) is 12.6. The molecular formula is C23H33N3O8S. The molecule has 0 bridgehead atoms. The number of carboxylic acids is 2. The average molecular weight is 512 g/mol. The van der Waals surface area contributed by atoms with E-state index in [1.54, 1.807) is 6.08 Å². The third kappa shape index (κ3) is 7.56. The highest BCUT2D eigenvalue weighted by atomic mass is 32.2. The summed E-state index contributed by atoms with van der Waals surface area (Å²) in [4.78, 5) is 59.3. The Labute approximate surface area is 207 Å². The van der Waals surface area contributed by atoms with E-state index in [0.29, 0.717) is 18.4 Å². The molecule has 2 amide bonds. The number of carbonyl (C=O) groups excluding carboxylic acids is 3. The molecule has 0 saturated carbocycles. The van der Waals surface area contributed by atoms with Crippen molar-refractivity contribution in [2.24, 2.45) is 5.73 Å². The van der Waals surface area contributed by atoms with Crippen molar-refractivity contribution in [1.82, 2.24) is 10.6 Å². The molecule has 2 aliphatic rings. The predicted molar refractivity (Wildman–Crippen MR) is 128 cm³/mol. The number of amides is 2. The third-order valence-corrected chi connectivity index (χ3v) is 7.60. The lowest BCUT2D eigenvalue weighted by Crippen LogP contribution is -2.50. The zero-order valence-electron chi connectivity index (χ0n) is 19.9. The summed E-state index contributed by atoms with van der Waals surface area (Å²) in [5.41, 5.74) is 6.07. The van der Waals surface area contributed by atoms with Crippen molar-refractivity contribution >= 4 is 41.5 Å². The van der Waals surface area contributed by atoms with Crippen molar-refractivity contribution in [1.29, 1.82) is 0 Å². The van der Waals surface area contributed by atoms with Gasteiger partial charge >= 0.3 is 17.9 Å². The van der Waals surface area contributed by atoms with E-state index in [1.165, 1.54) is 11.8 Å². The number of rotatable bonds is 14. The average Bonchev–Trinajstić information content (AvgIpc) is 3.08. The Kier molecular flexibility index (Phi) is 10.3. The van der Waals surface area contributed by atoms with E-state index in [2.05, 4.69) is 10.6 Å². The number of allylic oxidation sites excluding steroid dienone is 1. The number of hydrogen-bond acceptors (Lipinski definition) is 8. The first-order valence-electron chi connectivity index (χ1n) is 11.5. The van der Waals surface area contributed by atoms with Crippen LogP contribution in [-0.4, -0.2) is 75.2 Å². The van der Waals surface area contributed by atoms with Crippen molar-refractivity contribution in [3.63, 3.8) is 0 Å². The summed E-state index contributed by atoms with van der Waals surface area (Å²) in [5.74, 6) is -4.01. The minimum Gasteiger partial charge on any atom is -0.480 e. The standard InChI is InChI=1S/C23H33N3O8S/c1-3-6-17(23(2)14-8-5-4-7-13(14)22(33)34-23)35-12-16(20(30)25-11-19(28)29)26-18(27)10-9-15(24)21(31)32/h4,7,15-17H,3,5-6,8-12,24H2,1-2H3,(H,25,30)(H,26,27)(H,28,29)(H,31,32). The SMILES string of the molecule is CCCC(SCC(NC(=O)CCC(N)C(=O)O)C(=O)NCC(=O)O)C1(C)OC(=O)C2=C1CCC=C2. The van der Waals surface area contributed by atoms with Crippen molar-refractivity contribution in [3.05, 3.63) is 23.3 Å². The Balaban J connectivity index is 2.14. The summed E-state index contributed by atoms with van der Waals surface area (Å²) in [7, 11) is 0. The number of ether oxygens (including phenoxy) is 1. The van der Waals surface area contributed by atoms with Crippen molar-refractivity contribution < 1.29 is 38.9 Å². The highest BCUT2D eigenvalue weighted by molar-refractivity contribution is 8.00. The summed E-state index contributed by atoms with van der Waals surface area (Å²) in [6.07, 6.45) is 6.35. The largest absolute Gasteiger partial charge is 0.480 e. The van der Waals surface area contributed by atoms with E-state index in [4.69, 9.17) is 20.7 Å². The molecule has 0 aromatic rings. The summed E-state index contributed by atoms with van der Waals surface area (Å²) in [6, 6.07) is -2.29. The molecule has 35 heavy (non-hydrogen) atoms. The Morgan fingerprint density at radius 2 is 1.97 bits per heavy atom. The number of carboxylic acid groups (broad SMARTS) is 2. The van der Waals surface area contributed by atoms with Crippen LogP contribution in [0.25, 0.3) is 0 Å². The van der Waals surface area contributed by atoms with E-state index in [1.807, 2.05) is 19.9 Å². The van der Waals surface area contributed by atoms with Crippen molar-refractivity contribution in [3.8, 4) is 0 Å². The molecule has 12 heteroatoms. The van der Waals surface area contributed by atoms with Crippen LogP contribution in [0.3, 0.4) is 0 Å². The van der Waals surface area contributed by atoms with Gasteiger partial charge in [0, 0.05) is 17.4 Å². The monoisotopic (exact) mass is 511 g/mol. The number of esters is 1. The molecule has 2 rings (SSSR count). The Bertz CT molecular complexity index is 918. The maximum Gasteiger partial charge on any atom is 0.339 e. The molecule has 0 radical (unpaired) electrons. The van der Waals surface area contributed by atoms with Crippen LogP contribution in [0.5, 0.6) is 0 Å². The number of nitrogens with one attached hydrogen (secondary N) is 2. The van der Waals surface area contributed by atoms with Gasteiger partial charge in [0.1, 0.15) is 24.2 Å². The van der Waals surface area contributed by atoms with Gasteiger partial charge in [-0.15, -0.1) is 0 Å². The van der Waals surface area contributed by atoms with Crippen LogP contribution in [0.4, 0.5) is 0 Å². The molecule has 0 saturated heterocycles. The number of hydrogen-bond donors (Lipinski definition) is 5.